The Morgan fingerprint density at radius 3 is 2.41 bits per heavy atom. The van der Waals surface area contributed by atoms with Gasteiger partial charge in [-0.1, -0.05) is 6.07 Å². The number of halogens is 1. The highest BCUT2D eigenvalue weighted by Crippen LogP contribution is 2.19. The van der Waals surface area contributed by atoms with Crippen LogP contribution >= 0.6 is 0 Å². The highest BCUT2D eigenvalue weighted by atomic mass is 32.2. The molecule has 2 aromatic carbocycles. The molecule has 7 nitrogen and oxygen atoms in total. The first-order valence-corrected chi connectivity index (χ1v) is 9.63. The summed E-state index contributed by atoms with van der Waals surface area (Å²) in [6.07, 6.45) is 0. The second-order valence-electron chi connectivity index (χ2n) is 6.12. The van der Waals surface area contributed by atoms with Crippen LogP contribution in [0.3, 0.4) is 0 Å². The van der Waals surface area contributed by atoms with Crippen molar-refractivity contribution in [3.63, 3.8) is 0 Å². The monoisotopic (exact) mass is 395 g/mol. The Kier molecular flexibility index (Phi) is 6.53. The van der Waals surface area contributed by atoms with E-state index in [0.29, 0.717) is 17.8 Å². The molecule has 0 saturated carbocycles. The maximum atomic E-state index is 13.8. The van der Waals surface area contributed by atoms with E-state index in [1.165, 1.54) is 43.5 Å². The third-order valence-corrected chi connectivity index (χ3v) is 5.07. The molecule has 9 heteroatoms. The molecular weight excluding hydrogens is 373 g/mol. The van der Waals surface area contributed by atoms with Crippen molar-refractivity contribution in [2.24, 2.45) is 5.14 Å². The van der Waals surface area contributed by atoms with Gasteiger partial charge in [0.25, 0.3) is 0 Å². The lowest BCUT2D eigenvalue weighted by atomic mass is 10.1. The van der Waals surface area contributed by atoms with Crippen molar-refractivity contribution in [3.05, 3.63) is 53.8 Å². The van der Waals surface area contributed by atoms with E-state index in [9.17, 15) is 17.6 Å². The summed E-state index contributed by atoms with van der Waals surface area (Å²) in [4.78, 5) is 14.1. The summed E-state index contributed by atoms with van der Waals surface area (Å²) < 4.78 is 41.2. The Morgan fingerprint density at radius 2 is 1.89 bits per heavy atom. The summed E-state index contributed by atoms with van der Waals surface area (Å²) in [7, 11) is -0.640. The first-order chi connectivity index (χ1) is 12.6. The van der Waals surface area contributed by atoms with Crippen molar-refractivity contribution in [2.75, 3.05) is 19.5 Å². The van der Waals surface area contributed by atoms with Crippen LogP contribution in [0.4, 0.5) is 10.1 Å². The number of nitrogens with zero attached hydrogens (tertiary/aromatic N) is 1. The molecule has 0 saturated heterocycles. The molecule has 0 aromatic heterocycles. The van der Waals surface area contributed by atoms with Crippen molar-refractivity contribution < 1.29 is 22.3 Å². The van der Waals surface area contributed by atoms with Crippen LogP contribution in [-0.4, -0.2) is 39.4 Å². The van der Waals surface area contributed by atoms with Crippen molar-refractivity contribution in [3.8, 4) is 5.75 Å². The van der Waals surface area contributed by atoms with E-state index >= 15 is 0 Å². The lowest BCUT2D eigenvalue weighted by Crippen LogP contribution is -2.39. The average molecular weight is 395 g/mol. The number of primary sulfonamides is 1. The summed E-state index contributed by atoms with van der Waals surface area (Å²) in [5.41, 5.74) is 1.15. The average Bonchev–Trinajstić information content (AvgIpc) is 2.60. The van der Waals surface area contributed by atoms with Gasteiger partial charge in [-0.05, 0) is 55.9 Å². The molecule has 0 aliphatic heterocycles. The first kappa shape index (κ1) is 20.8. The molecule has 3 N–H and O–H groups in total. The zero-order valence-electron chi connectivity index (χ0n) is 15.3. The van der Waals surface area contributed by atoms with Gasteiger partial charge in [0.1, 0.15) is 0 Å². The van der Waals surface area contributed by atoms with Gasteiger partial charge >= 0.3 is 0 Å². The standard InChI is InChI=1S/C18H22FN3O4S/c1-12(22(2)11-13-4-9-17(26-3)16(19)10-13)18(23)21-14-5-7-15(8-6-14)27(20,24)25/h4-10,12H,11H2,1-3H3,(H,21,23)(H2,20,24,25)/t12-/m1/s1. The van der Waals surface area contributed by atoms with Gasteiger partial charge in [0, 0.05) is 12.2 Å². The normalized spacial score (nSPS) is 12.7. The van der Waals surface area contributed by atoms with E-state index in [-0.39, 0.29) is 16.6 Å². The molecular formula is C18H22FN3O4S. The fourth-order valence-electron chi connectivity index (χ4n) is 2.41. The number of rotatable bonds is 7. The fraction of sp³-hybridized carbons (Fsp3) is 0.278. The Morgan fingerprint density at radius 1 is 1.26 bits per heavy atom. The molecule has 2 aromatic rings. The maximum Gasteiger partial charge on any atom is 0.241 e. The van der Waals surface area contributed by atoms with E-state index in [1.807, 2.05) is 0 Å². The van der Waals surface area contributed by atoms with Crippen molar-refractivity contribution in [1.82, 2.24) is 4.90 Å². The molecule has 27 heavy (non-hydrogen) atoms. The smallest absolute Gasteiger partial charge is 0.241 e. The van der Waals surface area contributed by atoms with Gasteiger partial charge in [-0.3, -0.25) is 9.69 Å². The number of methoxy groups -OCH3 is 1. The summed E-state index contributed by atoms with van der Waals surface area (Å²) in [6, 6.07) is 9.69. The predicted molar refractivity (Wildman–Crippen MR) is 100 cm³/mol. The third kappa shape index (κ3) is 5.49. The van der Waals surface area contributed by atoms with Gasteiger partial charge in [0.2, 0.25) is 15.9 Å². The Hall–Kier alpha value is -2.49. The molecule has 1 amide bonds. The number of likely N-dealkylation sites (N-methyl/N-ethyl adjacent to an activating group) is 1. The number of hydrogen-bond donors (Lipinski definition) is 2. The van der Waals surface area contributed by atoms with Crippen LogP contribution in [0, 0.1) is 5.82 Å². The first-order valence-electron chi connectivity index (χ1n) is 8.08. The van der Waals surface area contributed by atoms with Gasteiger partial charge in [-0.25, -0.2) is 17.9 Å². The van der Waals surface area contributed by atoms with Crippen LogP contribution in [0.2, 0.25) is 0 Å². The molecule has 0 unspecified atom stereocenters. The van der Waals surface area contributed by atoms with Crippen molar-refractivity contribution >= 4 is 21.6 Å². The molecule has 0 heterocycles. The van der Waals surface area contributed by atoms with Crippen molar-refractivity contribution in [1.29, 1.82) is 0 Å². The number of amides is 1. The molecule has 1 atom stereocenters. The number of benzene rings is 2. The Bertz CT molecular complexity index is 917. The quantitative estimate of drug-likeness (QED) is 0.746. The zero-order chi connectivity index (χ0) is 20.2. The third-order valence-electron chi connectivity index (χ3n) is 4.14. The number of sulfonamides is 1. The number of carbonyl (C=O) groups is 1. The minimum absolute atomic E-state index is 0.0350. The van der Waals surface area contributed by atoms with E-state index in [4.69, 9.17) is 9.88 Å². The second kappa shape index (κ2) is 8.47. The maximum absolute atomic E-state index is 13.8. The van der Waals surface area contributed by atoms with E-state index in [1.54, 1.807) is 24.9 Å². The largest absolute Gasteiger partial charge is 0.494 e. The topological polar surface area (TPSA) is 102 Å². The van der Waals surface area contributed by atoms with Crippen LogP contribution < -0.4 is 15.2 Å². The van der Waals surface area contributed by atoms with Crippen LogP contribution in [-0.2, 0) is 21.4 Å². The molecule has 0 spiro atoms. The lowest BCUT2D eigenvalue weighted by Gasteiger charge is -2.24. The molecule has 0 aliphatic carbocycles. The SMILES string of the molecule is COc1ccc(CN(C)[C@H](C)C(=O)Nc2ccc(S(N)(=O)=O)cc2)cc1F. The van der Waals surface area contributed by atoms with Gasteiger partial charge < -0.3 is 10.1 Å². The van der Waals surface area contributed by atoms with E-state index < -0.39 is 21.9 Å². The van der Waals surface area contributed by atoms with Gasteiger partial charge in [-0.2, -0.15) is 0 Å². The Balaban J connectivity index is 2.00. The lowest BCUT2D eigenvalue weighted by molar-refractivity contribution is -0.120. The number of carbonyl (C=O) groups excluding carboxylic acids is 1. The van der Waals surface area contributed by atoms with Crippen LogP contribution in [0.15, 0.2) is 47.4 Å². The highest BCUT2D eigenvalue weighted by Gasteiger charge is 2.19. The van der Waals surface area contributed by atoms with Crippen LogP contribution in [0.5, 0.6) is 5.75 Å². The molecule has 0 fully saturated rings. The number of ether oxygens (including phenoxy) is 1. The van der Waals surface area contributed by atoms with Crippen LogP contribution in [0.1, 0.15) is 12.5 Å². The molecule has 146 valence electrons. The molecule has 0 radical (unpaired) electrons. The number of hydrogen-bond acceptors (Lipinski definition) is 5. The molecule has 0 aliphatic rings. The highest BCUT2D eigenvalue weighted by molar-refractivity contribution is 7.89. The number of nitrogens with one attached hydrogen (secondary N) is 1. The second-order valence-corrected chi connectivity index (χ2v) is 7.68. The fourth-order valence-corrected chi connectivity index (χ4v) is 2.92. The molecule has 0 bridgehead atoms. The summed E-state index contributed by atoms with van der Waals surface area (Å²) in [5.74, 6) is -0.583. The minimum Gasteiger partial charge on any atom is -0.494 e. The Labute approximate surface area is 158 Å². The van der Waals surface area contributed by atoms with Gasteiger partial charge in [0.15, 0.2) is 11.6 Å². The minimum atomic E-state index is -3.78. The van der Waals surface area contributed by atoms with Gasteiger partial charge in [-0.15, -0.1) is 0 Å². The van der Waals surface area contributed by atoms with Gasteiger partial charge in [0.05, 0.1) is 18.0 Å². The van der Waals surface area contributed by atoms with Crippen LogP contribution in [0.25, 0.3) is 0 Å². The van der Waals surface area contributed by atoms with Crippen molar-refractivity contribution in [2.45, 2.75) is 24.4 Å². The van der Waals surface area contributed by atoms with E-state index in [0.717, 1.165) is 0 Å². The summed E-state index contributed by atoms with van der Waals surface area (Å²) >= 11 is 0. The molecule has 2 rings (SSSR count). The summed E-state index contributed by atoms with van der Waals surface area (Å²) in [6.45, 7) is 2.08. The number of nitrogens with two attached hydrogens (primary N) is 1. The number of anilines is 1. The van der Waals surface area contributed by atoms with E-state index in [2.05, 4.69) is 5.32 Å². The predicted octanol–water partition coefficient (Wildman–Crippen LogP) is 1.94. The zero-order valence-corrected chi connectivity index (χ0v) is 16.1. The summed E-state index contributed by atoms with van der Waals surface area (Å²) in [5, 5.41) is 7.75.